The lowest BCUT2D eigenvalue weighted by molar-refractivity contribution is 0.0165. The standard InChI is InChI=1S/C17H22N2OS/c1-3-18-12-14-15(13-8-5-4-6-9-13)21-16(19-14)17(2)10-7-11-20-17/h4-6,8-9,18H,3,7,10-12H2,1-2H3. The predicted octanol–water partition coefficient (Wildman–Crippen LogP) is 3.95. The Morgan fingerprint density at radius 3 is 2.81 bits per heavy atom. The molecule has 1 aromatic carbocycles. The van der Waals surface area contributed by atoms with Gasteiger partial charge in [0.25, 0.3) is 0 Å². The van der Waals surface area contributed by atoms with Gasteiger partial charge in [-0.3, -0.25) is 0 Å². The van der Waals surface area contributed by atoms with Crippen molar-refractivity contribution in [2.24, 2.45) is 0 Å². The Labute approximate surface area is 130 Å². The summed E-state index contributed by atoms with van der Waals surface area (Å²) in [6.45, 7) is 6.91. The summed E-state index contributed by atoms with van der Waals surface area (Å²) < 4.78 is 5.96. The molecule has 0 spiro atoms. The molecule has 1 unspecified atom stereocenters. The van der Waals surface area contributed by atoms with Crippen LogP contribution in [-0.4, -0.2) is 18.1 Å². The quantitative estimate of drug-likeness (QED) is 0.908. The van der Waals surface area contributed by atoms with Crippen LogP contribution in [0.1, 0.15) is 37.4 Å². The fourth-order valence-corrected chi connectivity index (χ4v) is 3.92. The molecule has 2 aromatic rings. The van der Waals surface area contributed by atoms with Crippen molar-refractivity contribution in [3.8, 4) is 10.4 Å². The Hall–Kier alpha value is -1.23. The van der Waals surface area contributed by atoms with Crippen LogP contribution < -0.4 is 5.32 Å². The van der Waals surface area contributed by atoms with E-state index in [1.54, 1.807) is 11.3 Å². The molecule has 1 N–H and O–H groups in total. The van der Waals surface area contributed by atoms with Gasteiger partial charge in [-0.15, -0.1) is 11.3 Å². The van der Waals surface area contributed by atoms with Gasteiger partial charge in [-0.05, 0) is 31.9 Å². The average molecular weight is 302 g/mol. The Morgan fingerprint density at radius 2 is 2.14 bits per heavy atom. The van der Waals surface area contributed by atoms with Gasteiger partial charge in [0.1, 0.15) is 10.6 Å². The monoisotopic (exact) mass is 302 g/mol. The summed E-state index contributed by atoms with van der Waals surface area (Å²) in [6, 6.07) is 10.5. The lowest BCUT2D eigenvalue weighted by Gasteiger charge is -2.19. The highest BCUT2D eigenvalue weighted by atomic mass is 32.1. The number of nitrogens with one attached hydrogen (secondary N) is 1. The second-order valence-corrected chi connectivity index (χ2v) is 6.62. The van der Waals surface area contributed by atoms with Gasteiger partial charge < -0.3 is 10.1 Å². The van der Waals surface area contributed by atoms with Crippen LogP contribution in [0.3, 0.4) is 0 Å². The average Bonchev–Trinajstić information content (AvgIpc) is 3.13. The minimum Gasteiger partial charge on any atom is -0.368 e. The largest absolute Gasteiger partial charge is 0.368 e. The molecule has 2 heterocycles. The maximum absolute atomic E-state index is 5.96. The normalized spacial score (nSPS) is 21.8. The second-order valence-electron chi connectivity index (χ2n) is 5.62. The molecule has 1 aromatic heterocycles. The Kier molecular flexibility index (Phi) is 4.38. The number of rotatable bonds is 5. The van der Waals surface area contributed by atoms with E-state index in [1.165, 1.54) is 10.4 Å². The fraction of sp³-hybridized carbons (Fsp3) is 0.471. The van der Waals surface area contributed by atoms with E-state index in [0.717, 1.165) is 43.2 Å². The summed E-state index contributed by atoms with van der Waals surface area (Å²) in [5.41, 5.74) is 2.19. The van der Waals surface area contributed by atoms with Gasteiger partial charge in [0.2, 0.25) is 0 Å². The SMILES string of the molecule is CCNCc1nc(C2(C)CCCO2)sc1-c1ccccc1. The van der Waals surface area contributed by atoms with Crippen molar-refractivity contribution in [2.45, 2.75) is 38.8 Å². The number of nitrogens with zero attached hydrogens (tertiary/aromatic N) is 1. The summed E-state index contributed by atoms with van der Waals surface area (Å²) >= 11 is 1.78. The molecule has 0 bridgehead atoms. The fourth-order valence-electron chi connectivity index (χ4n) is 2.70. The smallest absolute Gasteiger partial charge is 0.125 e. The highest BCUT2D eigenvalue weighted by Crippen LogP contribution is 2.41. The topological polar surface area (TPSA) is 34.2 Å². The van der Waals surface area contributed by atoms with Crippen LogP contribution in [-0.2, 0) is 16.9 Å². The summed E-state index contributed by atoms with van der Waals surface area (Å²) in [6.07, 6.45) is 2.19. The number of thiazole rings is 1. The van der Waals surface area contributed by atoms with Gasteiger partial charge >= 0.3 is 0 Å². The first-order chi connectivity index (χ1) is 10.2. The Morgan fingerprint density at radius 1 is 1.33 bits per heavy atom. The number of aromatic nitrogens is 1. The van der Waals surface area contributed by atoms with Crippen molar-refractivity contribution in [1.29, 1.82) is 0 Å². The highest BCUT2D eigenvalue weighted by molar-refractivity contribution is 7.15. The molecule has 3 nitrogen and oxygen atoms in total. The number of benzene rings is 1. The summed E-state index contributed by atoms with van der Waals surface area (Å²) in [7, 11) is 0. The second kappa shape index (κ2) is 6.26. The zero-order valence-corrected chi connectivity index (χ0v) is 13.5. The van der Waals surface area contributed by atoms with E-state index in [4.69, 9.17) is 9.72 Å². The molecular weight excluding hydrogens is 280 g/mol. The number of hydrogen-bond donors (Lipinski definition) is 1. The van der Waals surface area contributed by atoms with Gasteiger partial charge in [-0.25, -0.2) is 4.98 Å². The van der Waals surface area contributed by atoms with Gasteiger partial charge in [-0.2, -0.15) is 0 Å². The maximum Gasteiger partial charge on any atom is 0.125 e. The first-order valence-corrected chi connectivity index (χ1v) is 8.45. The van der Waals surface area contributed by atoms with Gasteiger partial charge in [-0.1, -0.05) is 37.3 Å². The van der Waals surface area contributed by atoms with Crippen molar-refractivity contribution in [2.75, 3.05) is 13.2 Å². The molecular formula is C17H22N2OS. The van der Waals surface area contributed by atoms with E-state index in [-0.39, 0.29) is 5.60 Å². The van der Waals surface area contributed by atoms with Crippen molar-refractivity contribution in [3.05, 3.63) is 41.0 Å². The highest BCUT2D eigenvalue weighted by Gasteiger charge is 2.35. The lowest BCUT2D eigenvalue weighted by atomic mass is 10.0. The molecule has 0 radical (unpaired) electrons. The third-order valence-corrected chi connectivity index (χ3v) is 5.34. The summed E-state index contributed by atoms with van der Waals surface area (Å²) in [5, 5.41) is 4.51. The van der Waals surface area contributed by atoms with Crippen LogP contribution in [0.4, 0.5) is 0 Å². The van der Waals surface area contributed by atoms with E-state index in [2.05, 4.69) is 49.5 Å². The molecule has 21 heavy (non-hydrogen) atoms. The van der Waals surface area contributed by atoms with Crippen LogP contribution >= 0.6 is 11.3 Å². The van der Waals surface area contributed by atoms with Crippen molar-refractivity contribution in [3.63, 3.8) is 0 Å². The number of hydrogen-bond acceptors (Lipinski definition) is 4. The van der Waals surface area contributed by atoms with E-state index >= 15 is 0 Å². The van der Waals surface area contributed by atoms with Gasteiger partial charge in [0.15, 0.2) is 0 Å². The van der Waals surface area contributed by atoms with Crippen molar-refractivity contribution >= 4 is 11.3 Å². The summed E-state index contributed by atoms with van der Waals surface area (Å²) in [5.74, 6) is 0. The lowest BCUT2D eigenvalue weighted by Crippen LogP contribution is -2.20. The third kappa shape index (κ3) is 3.03. The van der Waals surface area contributed by atoms with Crippen molar-refractivity contribution in [1.82, 2.24) is 10.3 Å². The molecule has 1 saturated heterocycles. The minimum absolute atomic E-state index is 0.196. The molecule has 1 fully saturated rings. The first kappa shape index (κ1) is 14.7. The Bertz CT molecular complexity index is 588. The molecule has 0 amide bonds. The summed E-state index contributed by atoms with van der Waals surface area (Å²) in [4.78, 5) is 6.18. The van der Waals surface area contributed by atoms with Gasteiger partial charge in [0.05, 0.1) is 10.6 Å². The van der Waals surface area contributed by atoms with E-state index in [0.29, 0.717) is 0 Å². The molecule has 1 aliphatic rings. The first-order valence-electron chi connectivity index (χ1n) is 7.63. The van der Waals surface area contributed by atoms with Crippen molar-refractivity contribution < 1.29 is 4.74 Å². The zero-order valence-electron chi connectivity index (χ0n) is 12.7. The van der Waals surface area contributed by atoms with Crippen LogP contribution in [0.5, 0.6) is 0 Å². The molecule has 0 aliphatic carbocycles. The molecule has 4 heteroatoms. The van der Waals surface area contributed by atoms with Crippen LogP contribution in [0.2, 0.25) is 0 Å². The van der Waals surface area contributed by atoms with Crippen LogP contribution in [0, 0.1) is 0 Å². The van der Waals surface area contributed by atoms with Crippen LogP contribution in [0.15, 0.2) is 30.3 Å². The molecule has 0 saturated carbocycles. The Balaban J connectivity index is 1.99. The molecule has 3 rings (SSSR count). The van der Waals surface area contributed by atoms with E-state index < -0.39 is 0 Å². The molecule has 112 valence electrons. The zero-order chi connectivity index (χ0) is 14.7. The number of ether oxygens (including phenoxy) is 1. The third-order valence-electron chi connectivity index (χ3n) is 3.95. The molecule has 1 atom stereocenters. The van der Waals surface area contributed by atoms with Crippen LogP contribution in [0.25, 0.3) is 10.4 Å². The predicted molar refractivity (Wildman–Crippen MR) is 87.5 cm³/mol. The van der Waals surface area contributed by atoms with E-state index in [1.807, 2.05) is 0 Å². The maximum atomic E-state index is 5.96. The van der Waals surface area contributed by atoms with E-state index in [9.17, 15) is 0 Å². The van der Waals surface area contributed by atoms with Gasteiger partial charge in [0, 0.05) is 13.2 Å². The minimum atomic E-state index is -0.196. The molecule has 1 aliphatic heterocycles.